The van der Waals surface area contributed by atoms with Crippen LogP contribution in [-0.4, -0.2) is 55.9 Å². The minimum atomic E-state index is 0. The number of halogens is 2. The van der Waals surface area contributed by atoms with Crippen LogP contribution in [0.15, 0.2) is 24.3 Å². The second-order valence-corrected chi connectivity index (χ2v) is 7.56. The van der Waals surface area contributed by atoms with E-state index in [1.165, 1.54) is 62.9 Å². The lowest BCUT2D eigenvalue weighted by Gasteiger charge is -2.41. The third kappa shape index (κ3) is 5.80. The van der Waals surface area contributed by atoms with Crippen LogP contribution in [0, 0.1) is 0 Å². The van der Waals surface area contributed by atoms with Crippen LogP contribution < -0.4 is 53.4 Å². The number of nitrogens with zero attached hydrogens (tertiary/aromatic N) is 2. The first-order chi connectivity index (χ1) is 10.1. The smallest absolute Gasteiger partial charge is 0.104 e. The zero-order valence-electron chi connectivity index (χ0n) is 14.5. The third-order valence-corrected chi connectivity index (χ3v) is 5.54. The minimum absolute atomic E-state index is 0. The Labute approximate surface area is 176 Å². The highest BCUT2D eigenvalue weighted by Gasteiger charge is 2.30. The monoisotopic (exact) mass is 543 g/mol. The minimum Gasteiger partial charge on any atom is -1.00 e. The molecule has 2 aliphatic rings. The summed E-state index contributed by atoms with van der Waals surface area (Å²) in [5.74, 6) is 0. The maximum atomic E-state index is 3.82. The van der Waals surface area contributed by atoms with Gasteiger partial charge in [0.15, 0.2) is 0 Å². The van der Waals surface area contributed by atoms with Crippen LogP contribution in [0.25, 0.3) is 0 Å². The van der Waals surface area contributed by atoms with E-state index in [0.717, 1.165) is 11.1 Å². The van der Waals surface area contributed by atoms with Crippen molar-refractivity contribution in [1.29, 1.82) is 0 Å². The van der Waals surface area contributed by atoms with Gasteiger partial charge in [-0.2, -0.15) is 5.43 Å². The van der Waals surface area contributed by atoms with Crippen LogP contribution in [0.1, 0.15) is 30.4 Å². The average molecular weight is 543 g/mol. The Morgan fingerprint density at radius 3 is 2.26 bits per heavy atom. The van der Waals surface area contributed by atoms with E-state index in [1.54, 1.807) is 11.1 Å². The lowest BCUT2D eigenvalue weighted by atomic mass is 9.98. The summed E-state index contributed by atoms with van der Waals surface area (Å²) >= 11 is 0. The molecule has 1 aromatic carbocycles. The summed E-state index contributed by atoms with van der Waals surface area (Å²) in [5, 5.41) is 0. The molecule has 0 spiro atoms. The summed E-state index contributed by atoms with van der Waals surface area (Å²) in [7, 11) is 4.79. The molecule has 0 amide bonds. The first kappa shape index (κ1) is 21.6. The predicted molar refractivity (Wildman–Crippen MR) is 87.5 cm³/mol. The molecule has 0 bridgehead atoms. The van der Waals surface area contributed by atoms with Gasteiger partial charge in [0.25, 0.3) is 0 Å². The molecule has 2 heterocycles. The summed E-state index contributed by atoms with van der Waals surface area (Å²) in [5.41, 5.74) is 6.94. The molecule has 2 aliphatic heterocycles. The number of hydrogen-bond acceptors (Lipinski definition) is 1. The first-order valence-corrected chi connectivity index (χ1v) is 8.59. The van der Waals surface area contributed by atoms with Crippen molar-refractivity contribution in [2.24, 2.45) is 0 Å². The molecule has 23 heavy (non-hydrogen) atoms. The number of hydrogen-bond donors (Lipinski definition) is 1. The molecule has 1 fully saturated rings. The number of likely N-dealkylation sites (tertiary alicyclic amines) is 1. The van der Waals surface area contributed by atoms with E-state index in [9.17, 15) is 0 Å². The number of rotatable bonds is 4. The van der Waals surface area contributed by atoms with Gasteiger partial charge in [-0.05, 0) is 24.8 Å². The maximum absolute atomic E-state index is 3.82. The second-order valence-electron chi connectivity index (χ2n) is 7.56. The lowest BCUT2D eigenvalue weighted by Crippen LogP contribution is -3.00. The van der Waals surface area contributed by atoms with Gasteiger partial charge >= 0.3 is 0 Å². The van der Waals surface area contributed by atoms with Crippen molar-refractivity contribution >= 4 is 0 Å². The van der Waals surface area contributed by atoms with Crippen molar-refractivity contribution in [1.82, 2.24) is 5.43 Å². The van der Waals surface area contributed by atoms with E-state index in [-0.39, 0.29) is 48.0 Å². The molecule has 1 saturated heterocycles. The topological polar surface area (TPSA) is 12.0 Å². The second kappa shape index (κ2) is 9.31. The van der Waals surface area contributed by atoms with Gasteiger partial charge in [-0.1, -0.05) is 24.3 Å². The Hall–Kier alpha value is 0.560. The van der Waals surface area contributed by atoms with Crippen LogP contribution in [0.3, 0.4) is 0 Å². The van der Waals surface area contributed by atoms with Gasteiger partial charge < -0.3 is 52.4 Å². The molecule has 1 N–H and O–H groups in total. The maximum Gasteiger partial charge on any atom is 0.104 e. The number of nitrogens with one attached hydrogen (secondary N) is 1. The van der Waals surface area contributed by atoms with E-state index in [0.29, 0.717) is 0 Å². The normalized spacial score (nSPS) is 25.7. The number of benzene rings is 1. The third-order valence-electron chi connectivity index (χ3n) is 5.54. The Morgan fingerprint density at radius 1 is 0.913 bits per heavy atom. The molecule has 1 atom stereocenters. The fraction of sp³-hybridized carbons (Fsp3) is 0.667. The molecule has 5 heteroatoms. The largest absolute Gasteiger partial charge is 1.00 e. The fourth-order valence-corrected chi connectivity index (χ4v) is 3.99. The van der Waals surface area contributed by atoms with E-state index in [1.807, 2.05) is 0 Å². The van der Waals surface area contributed by atoms with Crippen molar-refractivity contribution in [2.45, 2.75) is 32.2 Å². The molecule has 3 rings (SSSR count). The zero-order valence-corrected chi connectivity index (χ0v) is 18.8. The quantitative estimate of drug-likeness (QED) is 0.305. The molecule has 0 saturated carbocycles. The Balaban J connectivity index is 0.00000132. The van der Waals surface area contributed by atoms with Gasteiger partial charge in [-0.25, -0.2) is 4.59 Å². The molecule has 0 radical (unpaired) electrons. The molecule has 1 unspecified atom stereocenters. The van der Waals surface area contributed by atoms with Gasteiger partial charge in [-0.3, -0.25) is 0 Å². The highest BCUT2D eigenvalue weighted by Crippen LogP contribution is 2.23. The van der Waals surface area contributed by atoms with E-state index in [4.69, 9.17) is 0 Å². The molecular formula is C18H31I2N3. The summed E-state index contributed by atoms with van der Waals surface area (Å²) in [6, 6.07) is 8.98. The number of likely N-dealkylation sites (N-methyl/N-ethyl adjacent to an activating group) is 1. The van der Waals surface area contributed by atoms with Gasteiger partial charge in [0, 0.05) is 12.0 Å². The van der Waals surface area contributed by atoms with E-state index >= 15 is 0 Å². The van der Waals surface area contributed by atoms with Crippen LogP contribution >= 0.6 is 0 Å². The molecule has 3 nitrogen and oxygen atoms in total. The van der Waals surface area contributed by atoms with Gasteiger partial charge in [0.05, 0.1) is 46.8 Å². The highest BCUT2D eigenvalue weighted by atomic mass is 127. The van der Waals surface area contributed by atoms with E-state index in [2.05, 4.69) is 43.8 Å². The molecule has 132 valence electrons. The molecule has 0 aliphatic carbocycles. The van der Waals surface area contributed by atoms with Gasteiger partial charge in [0.1, 0.15) is 6.54 Å². The lowest BCUT2D eigenvalue weighted by molar-refractivity contribution is -0.965. The Kier molecular flexibility index (Phi) is 8.75. The van der Waals surface area contributed by atoms with Crippen LogP contribution in [0.4, 0.5) is 0 Å². The van der Waals surface area contributed by atoms with E-state index < -0.39 is 0 Å². The van der Waals surface area contributed by atoms with Crippen molar-refractivity contribution in [3.8, 4) is 0 Å². The van der Waals surface area contributed by atoms with Gasteiger partial charge in [-0.15, -0.1) is 0 Å². The standard InChI is InChI=1S/C18H31N3.2HI/c1-20(14-10-17-8-4-5-9-18(17)16-20)15-11-19-21(2)12-6-3-7-13-21;;/h4-5,8-9,19H,3,6-7,10-16H2,1-2H3;2*1H/q+2;;/p-2. The van der Waals surface area contributed by atoms with Crippen molar-refractivity contribution in [2.75, 3.05) is 46.8 Å². The summed E-state index contributed by atoms with van der Waals surface area (Å²) < 4.78 is 2.26. The van der Waals surface area contributed by atoms with Crippen LogP contribution in [0.5, 0.6) is 0 Å². The number of piperidine rings is 1. The summed E-state index contributed by atoms with van der Waals surface area (Å²) in [6.07, 6.45) is 5.41. The summed E-state index contributed by atoms with van der Waals surface area (Å²) in [6.45, 7) is 7.44. The number of quaternary nitrogens is 2. The first-order valence-electron chi connectivity index (χ1n) is 8.59. The predicted octanol–water partition coefficient (Wildman–Crippen LogP) is -3.67. The van der Waals surface area contributed by atoms with Crippen molar-refractivity contribution in [3.05, 3.63) is 35.4 Å². The fourth-order valence-electron chi connectivity index (χ4n) is 3.99. The molecule has 1 aromatic rings. The molecular weight excluding hydrogens is 512 g/mol. The van der Waals surface area contributed by atoms with Crippen LogP contribution in [0.2, 0.25) is 0 Å². The summed E-state index contributed by atoms with van der Waals surface area (Å²) in [4.78, 5) is 0. The SMILES string of the molecule is C[N+]1(CCN[N+]2(C)CCCCC2)CCc2ccccc2C1.[I-].[I-]. The Bertz CT molecular complexity index is 489. The van der Waals surface area contributed by atoms with Crippen molar-refractivity contribution in [3.63, 3.8) is 0 Å². The zero-order chi connectivity index (χ0) is 14.8. The average Bonchev–Trinajstić information content (AvgIpc) is 2.47. The Morgan fingerprint density at radius 2 is 1.57 bits per heavy atom. The van der Waals surface area contributed by atoms with Crippen molar-refractivity contribution < 1.29 is 57.0 Å². The highest BCUT2D eigenvalue weighted by molar-refractivity contribution is 5.27. The number of fused-ring (bicyclic) bond motifs is 1. The molecule has 0 aromatic heterocycles. The van der Waals surface area contributed by atoms with Gasteiger partial charge in [0.2, 0.25) is 0 Å². The van der Waals surface area contributed by atoms with Crippen LogP contribution in [-0.2, 0) is 13.0 Å².